The van der Waals surface area contributed by atoms with E-state index in [1.807, 2.05) is 13.8 Å². The molecule has 150 valence electrons. The van der Waals surface area contributed by atoms with Crippen molar-refractivity contribution in [1.82, 2.24) is 0 Å². The molecule has 1 aromatic carbocycles. The summed E-state index contributed by atoms with van der Waals surface area (Å²) < 4.78 is 16.5. The van der Waals surface area contributed by atoms with Crippen molar-refractivity contribution < 1.29 is 23.8 Å². The van der Waals surface area contributed by atoms with Crippen molar-refractivity contribution in [2.45, 2.75) is 64.4 Å². The van der Waals surface area contributed by atoms with Crippen LogP contribution in [-0.2, 0) is 14.3 Å². The number of hydrogen-bond acceptors (Lipinski definition) is 5. The second-order valence-corrected chi connectivity index (χ2v) is 6.91. The first-order valence-electron chi connectivity index (χ1n) is 9.87. The molecule has 27 heavy (non-hydrogen) atoms. The summed E-state index contributed by atoms with van der Waals surface area (Å²) in [6, 6.07) is 5.04. The fourth-order valence-corrected chi connectivity index (χ4v) is 3.32. The smallest absolute Gasteiger partial charge is 0.341 e. The van der Waals surface area contributed by atoms with E-state index in [1.165, 1.54) is 7.11 Å². The number of rotatable bonds is 9. The predicted octanol–water partition coefficient (Wildman–Crippen LogP) is 4.33. The summed E-state index contributed by atoms with van der Waals surface area (Å²) in [6.45, 7) is 5.09. The molecule has 6 heteroatoms. The van der Waals surface area contributed by atoms with E-state index >= 15 is 0 Å². The molecule has 1 fully saturated rings. The fourth-order valence-electron chi connectivity index (χ4n) is 3.32. The summed E-state index contributed by atoms with van der Waals surface area (Å²) in [5.41, 5.74) is 0.0575. The third kappa shape index (κ3) is 5.45. The van der Waals surface area contributed by atoms with Crippen LogP contribution in [0.15, 0.2) is 18.2 Å². The van der Waals surface area contributed by atoms with Gasteiger partial charge in [0.1, 0.15) is 16.9 Å². The van der Waals surface area contributed by atoms with Gasteiger partial charge in [0.15, 0.2) is 0 Å². The number of esters is 1. The molecule has 2 rings (SSSR count). The second kappa shape index (κ2) is 10.3. The van der Waals surface area contributed by atoms with Gasteiger partial charge in [-0.3, -0.25) is 4.79 Å². The molecule has 0 heterocycles. The van der Waals surface area contributed by atoms with E-state index in [0.29, 0.717) is 30.2 Å². The first-order chi connectivity index (χ1) is 13.1. The van der Waals surface area contributed by atoms with Gasteiger partial charge in [-0.05, 0) is 43.9 Å². The van der Waals surface area contributed by atoms with E-state index in [2.05, 4.69) is 5.32 Å². The average molecular weight is 377 g/mol. The highest BCUT2D eigenvalue weighted by Crippen LogP contribution is 2.33. The molecule has 0 bridgehead atoms. The molecule has 1 aliphatic carbocycles. The van der Waals surface area contributed by atoms with Crippen molar-refractivity contribution in [3.05, 3.63) is 23.8 Å². The molecule has 1 aliphatic rings. The lowest BCUT2D eigenvalue weighted by molar-refractivity contribution is -0.146. The van der Waals surface area contributed by atoms with Crippen molar-refractivity contribution in [2.75, 3.05) is 25.6 Å². The van der Waals surface area contributed by atoms with E-state index in [-0.39, 0.29) is 5.91 Å². The Labute approximate surface area is 161 Å². The first kappa shape index (κ1) is 21.2. The minimum Gasteiger partial charge on any atom is -0.493 e. The lowest BCUT2D eigenvalue weighted by Crippen LogP contribution is -2.47. The van der Waals surface area contributed by atoms with E-state index < -0.39 is 11.6 Å². The average Bonchev–Trinajstić information content (AvgIpc) is 2.71. The van der Waals surface area contributed by atoms with Gasteiger partial charge in [0, 0.05) is 12.3 Å². The van der Waals surface area contributed by atoms with Crippen LogP contribution >= 0.6 is 0 Å². The molecule has 1 N–H and O–H groups in total. The maximum Gasteiger partial charge on any atom is 0.341 e. The summed E-state index contributed by atoms with van der Waals surface area (Å²) in [5, 5.41) is 2.94. The van der Waals surface area contributed by atoms with E-state index in [4.69, 9.17) is 14.2 Å². The summed E-state index contributed by atoms with van der Waals surface area (Å²) in [7, 11) is 1.33. The van der Waals surface area contributed by atoms with Crippen LogP contribution in [0.3, 0.4) is 0 Å². The van der Waals surface area contributed by atoms with Crippen molar-refractivity contribution in [1.29, 1.82) is 0 Å². The Morgan fingerprint density at radius 3 is 2.41 bits per heavy atom. The Hall–Kier alpha value is -2.08. The van der Waals surface area contributed by atoms with E-state index in [0.717, 1.165) is 44.9 Å². The lowest BCUT2D eigenvalue weighted by Gasteiger charge is -2.35. The number of anilines is 1. The third-order valence-electron chi connectivity index (χ3n) is 4.76. The number of hydrogen-bond donors (Lipinski definition) is 1. The van der Waals surface area contributed by atoms with Gasteiger partial charge in [0.05, 0.1) is 13.7 Å². The van der Waals surface area contributed by atoms with Gasteiger partial charge in [-0.2, -0.15) is 0 Å². The van der Waals surface area contributed by atoms with Crippen molar-refractivity contribution in [3.63, 3.8) is 0 Å². The third-order valence-corrected chi connectivity index (χ3v) is 4.76. The fraction of sp³-hybridized carbons (Fsp3) is 0.619. The van der Waals surface area contributed by atoms with Crippen molar-refractivity contribution in [3.8, 4) is 5.75 Å². The van der Waals surface area contributed by atoms with Crippen LogP contribution in [0.1, 0.15) is 69.2 Å². The summed E-state index contributed by atoms with van der Waals surface area (Å²) >= 11 is 0. The molecule has 0 radical (unpaired) electrons. The second-order valence-electron chi connectivity index (χ2n) is 6.91. The zero-order valence-corrected chi connectivity index (χ0v) is 16.6. The summed E-state index contributed by atoms with van der Waals surface area (Å²) in [4.78, 5) is 25.1. The van der Waals surface area contributed by atoms with Crippen LogP contribution < -0.4 is 10.1 Å². The molecule has 0 unspecified atom stereocenters. The molecule has 0 aliphatic heterocycles. The predicted molar refractivity (Wildman–Crippen MR) is 104 cm³/mol. The Kier molecular flexibility index (Phi) is 8.10. The molecule has 1 amide bonds. The Balaban J connectivity index is 2.21. The minimum atomic E-state index is -0.781. The topological polar surface area (TPSA) is 73.9 Å². The number of carbonyl (C=O) groups excluding carboxylic acids is 2. The number of nitrogens with one attached hydrogen (secondary N) is 1. The number of ether oxygens (including phenoxy) is 3. The largest absolute Gasteiger partial charge is 0.493 e. The van der Waals surface area contributed by atoms with Crippen LogP contribution in [0.25, 0.3) is 0 Å². The van der Waals surface area contributed by atoms with Crippen LogP contribution in [-0.4, -0.2) is 37.8 Å². The maximum absolute atomic E-state index is 13.0. The molecule has 1 saturated carbocycles. The zero-order chi connectivity index (χ0) is 19.7. The van der Waals surface area contributed by atoms with Gasteiger partial charge < -0.3 is 19.5 Å². The SMILES string of the molecule is CCCOc1ccc(NC(=O)C2(OCCC)CCCCC2)cc1C(=O)OC. The molecule has 0 spiro atoms. The van der Waals surface area contributed by atoms with Crippen LogP contribution in [0.4, 0.5) is 5.69 Å². The van der Waals surface area contributed by atoms with Gasteiger partial charge in [-0.15, -0.1) is 0 Å². The molecule has 0 saturated heterocycles. The molecular weight excluding hydrogens is 346 g/mol. The number of benzene rings is 1. The van der Waals surface area contributed by atoms with Gasteiger partial charge in [-0.25, -0.2) is 4.79 Å². The standard InChI is InChI=1S/C21H31NO5/c1-4-13-26-18-10-9-16(15-17(18)19(23)25-3)22-20(24)21(27-14-5-2)11-7-6-8-12-21/h9-10,15H,4-8,11-14H2,1-3H3,(H,22,24). The highest BCUT2D eigenvalue weighted by atomic mass is 16.5. The Morgan fingerprint density at radius 2 is 1.78 bits per heavy atom. The summed E-state index contributed by atoms with van der Waals surface area (Å²) in [5.74, 6) is -0.184. The van der Waals surface area contributed by atoms with Crippen molar-refractivity contribution >= 4 is 17.6 Å². The number of methoxy groups -OCH3 is 1. The summed E-state index contributed by atoms with van der Waals surface area (Å²) in [6.07, 6.45) is 6.23. The molecule has 0 aromatic heterocycles. The van der Waals surface area contributed by atoms with Crippen LogP contribution in [0.2, 0.25) is 0 Å². The maximum atomic E-state index is 13.0. The first-order valence-corrected chi connectivity index (χ1v) is 9.87. The normalized spacial score (nSPS) is 15.8. The van der Waals surface area contributed by atoms with Crippen LogP contribution in [0, 0.1) is 0 Å². The number of carbonyl (C=O) groups is 2. The minimum absolute atomic E-state index is 0.145. The zero-order valence-electron chi connectivity index (χ0n) is 16.6. The van der Waals surface area contributed by atoms with E-state index in [1.54, 1.807) is 18.2 Å². The Morgan fingerprint density at radius 1 is 1.07 bits per heavy atom. The highest BCUT2D eigenvalue weighted by Gasteiger charge is 2.40. The Bertz CT molecular complexity index is 637. The van der Waals surface area contributed by atoms with Gasteiger partial charge in [0.25, 0.3) is 5.91 Å². The quantitative estimate of drug-likeness (QED) is 0.649. The van der Waals surface area contributed by atoms with Gasteiger partial charge in [-0.1, -0.05) is 33.1 Å². The van der Waals surface area contributed by atoms with E-state index in [9.17, 15) is 9.59 Å². The lowest BCUT2D eigenvalue weighted by atomic mass is 9.83. The highest BCUT2D eigenvalue weighted by molar-refractivity contribution is 5.99. The molecule has 1 aromatic rings. The van der Waals surface area contributed by atoms with Gasteiger partial charge in [0.2, 0.25) is 0 Å². The van der Waals surface area contributed by atoms with Gasteiger partial charge >= 0.3 is 5.97 Å². The molecular formula is C21H31NO5. The molecule has 0 atom stereocenters. The molecule has 6 nitrogen and oxygen atoms in total. The number of amides is 1. The monoisotopic (exact) mass is 377 g/mol. The van der Waals surface area contributed by atoms with Crippen LogP contribution in [0.5, 0.6) is 5.75 Å². The van der Waals surface area contributed by atoms with Crippen molar-refractivity contribution in [2.24, 2.45) is 0 Å².